The lowest BCUT2D eigenvalue weighted by atomic mass is 9.97. The van der Waals surface area contributed by atoms with Crippen LogP contribution < -0.4 is 20.8 Å². The van der Waals surface area contributed by atoms with E-state index in [1.54, 1.807) is 103 Å². The van der Waals surface area contributed by atoms with Gasteiger partial charge in [-0.1, -0.05) is 30.0 Å². The quantitative estimate of drug-likeness (QED) is 0.0115. The van der Waals surface area contributed by atoms with E-state index >= 15 is 0 Å². The van der Waals surface area contributed by atoms with Gasteiger partial charge in [0.25, 0.3) is 11.8 Å². The van der Waals surface area contributed by atoms with Crippen LogP contribution in [0.4, 0.5) is 0 Å². The fraction of sp³-hybridized carbons (Fsp3) is 0.281. The zero-order chi connectivity index (χ0) is 53.9. The van der Waals surface area contributed by atoms with Crippen LogP contribution in [0.2, 0.25) is 0 Å². The predicted octanol–water partition coefficient (Wildman–Crippen LogP) is 5.37. The van der Waals surface area contributed by atoms with Crippen LogP contribution in [0.1, 0.15) is 66.2 Å². The Labute approximate surface area is 447 Å². The number of fused-ring (bicyclic) bond motifs is 2. The Hall–Kier alpha value is -8.29. The van der Waals surface area contributed by atoms with E-state index in [0.717, 1.165) is 15.8 Å². The van der Waals surface area contributed by atoms with Crippen LogP contribution in [0, 0.1) is 11.8 Å². The van der Waals surface area contributed by atoms with Crippen LogP contribution in [0.25, 0.3) is 20.5 Å². The first-order valence-electron chi connectivity index (χ1n) is 24.7. The molecule has 8 rings (SSSR count). The summed E-state index contributed by atoms with van der Waals surface area (Å²) in [5.41, 5.74) is 6.96. The molecule has 5 amide bonds. The first-order valence-corrected chi connectivity index (χ1v) is 25.5. The summed E-state index contributed by atoms with van der Waals surface area (Å²) in [5, 5.41) is 29.6. The lowest BCUT2D eigenvalue weighted by Gasteiger charge is -2.29. The Kier molecular flexibility index (Phi) is 19.6. The Morgan fingerprint density at radius 2 is 1.40 bits per heavy atom. The van der Waals surface area contributed by atoms with Gasteiger partial charge < -0.3 is 48.9 Å². The van der Waals surface area contributed by atoms with Gasteiger partial charge in [0.2, 0.25) is 17.7 Å². The van der Waals surface area contributed by atoms with Gasteiger partial charge in [0.05, 0.1) is 72.2 Å². The molecule has 5 aromatic carbocycles. The van der Waals surface area contributed by atoms with E-state index in [1.165, 1.54) is 28.5 Å². The normalized spacial score (nSPS) is 14.1. The Morgan fingerprint density at radius 1 is 0.753 bits per heavy atom. The summed E-state index contributed by atoms with van der Waals surface area (Å²) >= 11 is 1.37. The molecule has 5 N–H and O–H groups in total. The summed E-state index contributed by atoms with van der Waals surface area (Å²) in [5.74, 6) is 4.60. The second kappa shape index (κ2) is 27.5. The number of nitrogens with one attached hydrogen (secondary N) is 3. The SMILES string of the molecule is O=C(COCCOCCOCCOCCOCCOc1ccc(/C=N/NC(=O)c2ccc(C(=O)c3c(-c4ccc(O)cc4)sc4cc(O)ccc34)cc2)cc1)NCC#Cc1cccc2c1CN(C1CCC(=O)NC1=O)C2=O. The predicted molar refractivity (Wildman–Crippen MR) is 284 cm³/mol. The number of phenols is 2. The molecule has 2 aliphatic rings. The van der Waals surface area contributed by atoms with Gasteiger partial charge in [-0.3, -0.25) is 34.1 Å². The van der Waals surface area contributed by atoms with Crippen molar-refractivity contribution in [3.05, 3.63) is 148 Å². The van der Waals surface area contributed by atoms with Crippen molar-refractivity contribution in [2.75, 3.05) is 79.2 Å². The maximum atomic E-state index is 13.9. The van der Waals surface area contributed by atoms with E-state index in [1.807, 2.05) is 0 Å². The molecule has 6 aromatic rings. The second-order valence-electron chi connectivity index (χ2n) is 17.4. The lowest BCUT2D eigenvalue weighted by molar-refractivity contribution is -0.137. The molecule has 77 heavy (non-hydrogen) atoms. The van der Waals surface area contributed by atoms with E-state index in [0.29, 0.717) is 102 Å². The number of nitrogens with zero attached hydrogens (tertiary/aromatic N) is 2. The molecule has 1 unspecified atom stereocenters. The third-order valence-corrected chi connectivity index (χ3v) is 13.3. The molecule has 1 atom stereocenters. The topological polar surface area (TPSA) is 250 Å². The van der Waals surface area contributed by atoms with Crippen LogP contribution in [0.5, 0.6) is 17.2 Å². The molecule has 2 aliphatic heterocycles. The minimum atomic E-state index is -0.711. The van der Waals surface area contributed by atoms with Crippen molar-refractivity contribution in [2.24, 2.45) is 5.10 Å². The first-order chi connectivity index (χ1) is 37.5. The van der Waals surface area contributed by atoms with Crippen molar-refractivity contribution in [3.8, 4) is 39.5 Å². The summed E-state index contributed by atoms with van der Waals surface area (Å²) in [7, 11) is 0. The number of ether oxygens (including phenoxy) is 6. The van der Waals surface area contributed by atoms with Crippen LogP contribution in [0.15, 0.2) is 114 Å². The maximum absolute atomic E-state index is 13.9. The number of phenolic OH excluding ortho intramolecular Hbond substituents is 2. The number of hydrogen-bond acceptors (Lipinski definition) is 16. The van der Waals surface area contributed by atoms with E-state index in [-0.39, 0.29) is 80.8 Å². The highest BCUT2D eigenvalue weighted by Crippen LogP contribution is 2.41. The van der Waals surface area contributed by atoms with Crippen molar-refractivity contribution in [3.63, 3.8) is 0 Å². The molecule has 19 nitrogen and oxygen atoms in total. The number of thiophene rings is 1. The summed E-state index contributed by atoms with van der Waals surface area (Å²) in [6.45, 7) is 3.59. The molecule has 0 bridgehead atoms. The fourth-order valence-electron chi connectivity index (χ4n) is 8.22. The number of rotatable bonds is 26. The average Bonchev–Trinajstić information content (AvgIpc) is 4.01. The number of benzene rings is 5. The Morgan fingerprint density at radius 3 is 2.09 bits per heavy atom. The number of hydrazone groups is 1. The van der Waals surface area contributed by atoms with Crippen molar-refractivity contribution >= 4 is 63.0 Å². The minimum Gasteiger partial charge on any atom is -0.508 e. The van der Waals surface area contributed by atoms with Crippen LogP contribution in [-0.4, -0.2) is 142 Å². The largest absolute Gasteiger partial charge is 0.508 e. The minimum absolute atomic E-state index is 0.0747. The highest BCUT2D eigenvalue weighted by atomic mass is 32.1. The molecule has 20 heteroatoms. The standard InChI is InChI=1S/C57H55N5O14S/c63-42-14-12-40(13-15-42)54-52(46-19-16-43(64)33-49(46)77-54)53(67)39-8-10-41(11-9-39)55(68)61-59-34-37-6-17-44(18-7-37)76-32-31-74-28-27-72-24-23-71-25-26-73-29-30-75-36-51(66)58-22-2-4-38-3-1-5-45-47(38)35-62(57(45)70)48-20-21-50(65)60-56(48)69/h1,3,5-19,33-34,48,63-64H,20-32,35-36H2,(H,58,66)(H,61,68)(H,60,65,69)/b59-34+. The van der Waals surface area contributed by atoms with E-state index < -0.39 is 17.9 Å². The van der Waals surface area contributed by atoms with E-state index in [2.05, 4.69) is 33.0 Å². The zero-order valence-electron chi connectivity index (χ0n) is 41.7. The number of aromatic hydroxyl groups is 2. The average molecular weight is 1070 g/mol. The number of ketones is 1. The Bertz CT molecular complexity index is 3170. The summed E-state index contributed by atoms with van der Waals surface area (Å²) in [6.07, 6.45) is 1.95. The third-order valence-electron chi connectivity index (χ3n) is 12.1. The van der Waals surface area contributed by atoms with Crippen LogP contribution in [0.3, 0.4) is 0 Å². The number of hydrogen-bond donors (Lipinski definition) is 5. The van der Waals surface area contributed by atoms with Crippen molar-refractivity contribution < 1.29 is 67.4 Å². The highest BCUT2D eigenvalue weighted by Gasteiger charge is 2.39. The van der Waals surface area contributed by atoms with Crippen LogP contribution >= 0.6 is 11.3 Å². The Balaban J connectivity index is 0.611. The smallest absolute Gasteiger partial charge is 0.271 e. The number of carbonyl (C=O) groups excluding carboxylic acids is 6. The second-order valence-corrected chi connectivity index (χ2v) is 18.4. The molecule has 398 valence electrons. The maximum Gasteiger partial charge on any atom is 0.271 e. The summed E-state index contributed by atoms with van der Waals surface area (Å²) in [4.78, 5) is 78.1. The number of carbonyl (C=O) groups is 6. The number of imide groups is 1. The van der Waals surface area contributed by atoms with Gasteiger partial charge in [-0.15, -0.1) is 11.3 Å². The third kappa shape index (κ3) is 15.2. The van der Waals surface area contributed by atoms with Gasteiger partial charge in [-0.2, -0.15) is 5.10 Å². The van der Waals surface area contributed by atoms with Crippen molar-refractivity contribution in [1.82, 2.24) is 21.0 Å². The summed E-state index contributed by atoms with van der Waals surface area (Å²) < 4.78 is 34.0. The lowest BCUT2D eigenvalue weighted by Crippen LogP contribution is -2.52. The molecule has 1 aromatic heterocycles. The highest BCUT2D eigenvalue weighted by molar-refractivity contribution is 7.22. The molecule has 0 radical (unpaired) electrons. The number of amides is 5. The molecule has 0 saturated carbocycles. The van der Waals surface area contributed by atoms with Gasteiger partial charge in [-0.05, 0) is 114 Å². The van der Waals surface area contributed by atoms with Crippen molar-refractivity contribution in [1.29, 1.82) is 0 Å². The van der Waals surface area contributed by atoms with Gasteiger partial charge >= 0.3 is 0 Å². The molecule has 3 heterocycles. The molecular weight excluding hydrogens is 1010 g/mol. The molecular formula is C57H55N5O14S. The zero-order valence-corrected chi connectivity index (χ0v) is 42.6. The van der Waals surface area contributed by atoms with Gasteiger partial charge in [0.1, 0.15) is 36.5 Å². The summed E-state index contributed by atoms with van der Waals surface area (Å²) in [6, 6.07) is 29.4. The van der Waals surface area contributed by atoms with E-state index in [9.17, 15) is 39.0 Å². The van der Waals surface area contributed by atoms with Gasteiger partial charge in [0, 0.05) is 55.7 Å². The van der Waals surface area contributed by atoms with Gasteiger partial charge in [0.15, 0.2) is 5.78 Å². The van der Waals surface area contributed by atoms with Gasteiger partial charge in [-0.25, -0.2) is 5.43 Å². The molecule has 1 fully saturated rings. The number of piperidine rings is 1. The molecule has 1 saturated heterocycles. The van der Waals surface area contributed by atoms with Crippen LogP contribution in [-0.2, 0) is 44.6 Å². The van der Waals surface area contributed by atoms with E-state index in [4.69, 9.17) is 28.4 Å². The molecule has 0 spiro atoms. The first kappa shape index (κ1) is 55.0. The molecule has 0 aliphatic carbocycles. The fourth-order valence-corrected chi connectivity index (χ4v) is 9.46. The monoisotopic (exact) mass is 1070 g/mol. The van der Waals surface area contributed by atoms with Crippen molar-refractivity contribution in [2.45, 2.75) is 25.4 Å².